The molecule has 2 N–H and O–H groups in total. The lowest BCUT2D eigenvalue weighted by molar-refractivity contribution is 0.457. The average molecular weight is 313 g/mol. The molecular weight excluding hydrogens is 293 g/mol. The maximum atomic E-state index is 14.2. The quantitative estimate of drug-likeness (QED) is 0.904. The number of rotatable bonds is 2. The smallest absolute Gasteiger partial charge is 0.239 e. The maximum absolute atomic E-state index is 14.2. The molecule has 21 heavy (non-hydrogen) atoms. The van der Waals surface area contributed by atoms with E-state index in [-0.39, 0.29) is 23.2 Å². The topological polar surface area (TPSA) is 75.8 Å². The van der Waals surface area contributed by atoms with Crippen molar-refractivity contribution in [3.8, 4) is 0 Å². The molecular formula is C14H20FN3O2S. The third-order valence-corrected chi connectivity index (χ3v) is 5.75. The number of guanidine groups is 1. The molecule has 1 aliphatic rings. The zero-order valence-corrected chi connectivity index (χ0v) is 13.4. The van der Waals surface area contributed by atoms with Gasteiger partial charge in [0.25, 0.3) is 0 Å². The van der Waals surface area contributed by atoms with Crippen molar-refractivity contribution in [2.45, 2.75) is 32.2 Å². The normalized spacial score (nSPS) is 25.0. The van der Waals surface area contributed by atoms with Crippen LogP contribution in [-0.4, -0.2) is 31.5 Å². The second-order valence-electron chi connectivity index (χ2n) is 5.86. The average Bonchev–Trinajstić information content (AvgIpc) is 2.35. The Balaban J connectivity index is 2.63. The standard InChI is InChI=1S/C14H20FN3O2S/c1-9(2)10-5-6-12(15)11(7-10)14(3)8-21(19,20)18(4)13(16)17-14/h5-7,9H,8H2,1-4H3,(H2,16,17). The van der Waals surface area contributed by atoms with Crippen molar-refractivity contribution in [3.63, 3.8) is 0 Å². The lowest BCUT2D eigenvalue weighted by Gasteiger charge is -2.34. The molecule has 1 aliphatic heterocycles. The summed E-state index contributed by atoms with van der Waals surface area (Å²) < 4.78 is 39.5. The minimum Gasteiger partial charge on any atom is -0.369 e. The third-order valence-electron chi connectivity index (χ3n) is 3.80. The van der Waals surface area contributed by atoms with E-state index >= 15 is 0 Å². The molecule has 5 nitrogen and oxygen atoms in total. The van der Waals surface area contributed by atoms with Gasteiger partial charge in [-0.25, -0.2) is 22.1 Å². The predicted octanol–water partition coefficient (Wildman–Crippen LogP) is 1.75. The number of hydrogen-bond acceptors (Lipinski definition) is 4. The third kappa shape index (κ3) is 2.74. The van der Waals surface area contributed by atoms with Crippen LogP contribution in [0.25, 0.3) is 0 Å². The van der Waals surface area contributed by atoms with Crippen molar-refractivity contribution >= 4 is 16.0 Å². The predicted molar refractivity (Wildman–Crippen MR) is 81.0 cm³/mol. The molecule has 0 aliphatic carbocycles. The van der Waals surface area contributed by atoms with Crippen molar-refractivity contribution < 1.29 is 12.8 Å². The van der Waals surface area contributed by atoms with E-state index in [1.54, 1.807) is 19.1 Å². The molecule has 0 saturated carbocycles. The molecule has 7 heteroatoms. The first-order chi connectivity index (χ1) is 9.57. The Labute approximate surface area is 124 Å². The van der Waals surface area contributed by atoms with Gasteiger partial charge in [-0.2, -0.15) is 0 Å². The second-order valence-corrected chi connectivity index (χ2v) is 7.86. The molecule has 116 valence electrons. The Morgan fingerprint density at radius 2 is 2.05 bits per heavy atom. The zero-order valence-electron chi connectivity index (χ0n) is 12.6. The van der Waals surface area contributed by atoms with Crippen LogP contribution in [0.2, 0.25) is 0 Å². The van der Waals surface area contributed by atoms with Gasteiger partial charge >= 0.3 is 0 Å². The highest BCUT2D eigenvalue weighted by Crippen LogP contribution is 2.34. The van der Waals surface area contributed by atoms with Gasteiger partial charge in [0.2, 0.25) is 16.0 Å². The molecule has 1 atom stereocenters. The highest BCUT2D eigenvalue weighted by molar-refractivity contribution is 7.89. The lowest BCUT2D eigenvalue weighted by Crippen LogP contribution is -2.50. The van der Waals surface area contributed by atoms with E-state index in [0.29, 0.717) is 0 Å². The molecule has 0 saturated heterocycles. The van der Waals surface area contributed by atoms with E-state index in [4.69, 9.17) is 5.73 Å². The summed E-state index contributed by atoms with van der Waals surface area (Å²) in [4.78, 5) is 4.22. The number of benzene rings is 1. The Hall–Kier alpha value is -1.63. The highest BCUT2D eigenvalue weighted by atomic mass is 32.2. The molecule has 1 aromatic rings. The fourth-order valence-electron chi connectivity index (χ4n) is 2.40. The number of nitrogens with zero attached hydrogens (tertiary/aromatic N) is 2. The van der Waals surface area contributed by atoms with E-state index < -0.39 is 21.4 Å². The summed E-state index contributed by atoms with van der Waals surface area (Å²) in [5, 5.41) is 0. The Kier molecular flexibility index (Phi) is 3.73. The minimum atomic E-state index is -3.61. The van der Waals surface area contributed by atoms with Gasteiger partial charge in [-0.3, -0.25) is 0 Å². The van der Waals surface area contributed by atoms with Gasteiger partial charge in [0, 0.05) is 12.6 Å². The molecule has 0 spiro atoms. The van der Waals surface area contributed by atoms with Gasteiger partial charge in [-0.1, -0.05) is 26.0 Å². The molecule has 1 heterocycles. The van der Waals surface area contributed by atoms with Gasteiger partial charge in [-0.05, 0) is 24.5 Å². The highest BCUT2D eigenvalue weighted by Gasteiger charge is 2.41. The van der Waals surface area contributed by atoms with Crippen molar-refractivity contribution in [1.82, 2.24) is 4.31 Å². The van der Waals surface area contributed by atoms with Crippen molar-refractivity contribution in [2.24, 2.45) is 10.7 Å². The molecule has 2 rings (SSSR count). The van der Waals surface area contributed by atoms with Gasteiger partial charge in [-0.15, -0.1) is 0 Å². The Morgan fingerprint density at radius 1 is 1.43 bits per heavy atom. The number of nitrogens with two attached hydrogens (primary N) is 1. The van der Waals surface area contributed by atoms with Crippen LogP contribution in [0.5, 0.6) is 0 Å². The van der Waals surface area contributed by atoms with Crippen LogP contribution in [-0.2, 0) is 15.6 Å². The van der Waals surface area contributed by atoms with Crippen LogP contribution in [0.15, 0.2) is 23.2 Å². The molecule has 0 bridgehead atoms. The van der Waals surface area contributed by atoms with Gasteiger partial charge in [0.15, 0.2) is 0 Å². The zero-order chi connectivity index (χ0) is 16.0. The van der Waals surface area contributed by atoms with Crippen LogP contribution >= 0.6 is 0 Å². The molecule has 0 fully saturated rings. The SMILES string of the molecule is CC(C)c1ccc(F)c(C2(C)CS(=O)(=O)N(C)C(N)=N2)c1. The van der Waals surface area contributed by atoms with Crippen LogP contribution in [0.1, 0.15) is 37.8 Å². The molecule has 0 amide bonds. The van der Waals surface area contributed by atoms with Gasteiger partial charge in [0.1, 0.15) is 11.4 Å². The van der Waals surface area contributed by atoms with Crippen LogP contribution < -0.4 is 5.73 Å². The number of sulfonamides is 1. The fourth-order valence-corrected chi connectivity index (χ4v) is 3.85. The van der Waals surface area contributed by atoms with E-state index in [2.05, 4.69) is 4.99 Å². The molecule has 1 unspecified atom stereocenters. The first-order valence-electron chi connectivity index (χ1n) is 6.69. The van der Waals surface area contributed by atoms with E-state index in [0.717, 1.165) is 9.87 Å². The molecule has 1 aromatic carbocycles. The monoisotopic (exact) mass is 313 g/mol. The van der Waals surface area contributed by atoms with E-state index in [9.17, 15) is 12.8 Å². The first-order valence-corrected chi connectivity index (χ1v) is 8.29. The first kappa shape index (κ1) is 15.8. The van der Waals surface area contributed by atoms with E-state index in [1.807, 2.05) is 13.8 Å². The van der Waals surface area contributed by atoms with Gasteiger partial charge in [0.05, 0.1) is 5.75 Å². The van der Waals surface area contributed by atoms with Gasteiger partial charge < -0.3 is 5.73 Å². The second kappa shape index (κ2) is 4.98. The van der Waals surface area contributed by atoms with Crippen molar-refractivity contribution in [1.29, 1.82) is 0 Å². The molecule has 0 radical (unpaired) electrons. The van der Waals surface area contributed by atoms with Crippen LogP contribution in [0.4, 0.5) is 4.39 Å². The maximum Gasteiger partial charge on any atom is 0.239 e. The molecule has 0 aromatic heterocycles. The Morgan fingerprint density at radius 3 is 2.57 bits per heavy atom. The summed E-state index contributed by atoms with van der Waals surface area (Å²) in [7, 11) is -2.26. The summed E-state index contributed by atoms with van der Waals surface area (Å²) in [6, 6.07) is 4.73. The van der Waals surface area contributed by atoms with E-state index in [1.165, 1.54) is 13.1 Å². The number of halogens is 1. The summed E-state index contributed by atoms with van der Waals surface area (Å²) >= 11 is 0. The minimum absolute atomic E-state index is 0.127. The summed E-state index contributed by atoms with van der Waals surface area (Å²) in [5.74, 6) is -0.705. The number of aliphatic imine (C=N–C) groups is 1. The lowest BCUT2D eigenvalue weighted by atomic mass is 9.90. The van der Waals surface area contributed by atoms with Crippen LogP contribution in [0.3, 0.4) is 0 Å². The summed E-state index contributed by atoms with van der Waals surface area (Å²) in [6.07, 6.45) is 0. The van der Waals surface area contributed by atoms with Crippen LogP contribution in [0, 0.1) is 5.82 Å². The fraction of sp³-hybridized carbons (Fsp3) is 0.500. The Bertz CT molecular complexity index is 700. The number of hydrogen-bond donors (Lipinski definition) is 1. The summed E-state index contributed by atoms with van der Waals surface area (Å²) in [5.41, 5.74) is 5.66. The van der Waals surface area contributed by atoms with Crippen molar-refractivity contribution in [2.75, 3.05) is 12.8 Å². The summed E-state index contributed by atoms with van der Waals surface area (Å²) in [6.45, 7) is 5.57. The van der Waals surface area contributed by atoms with Crippen molar-refractivity contribution in [3.05, 3.63) is 35.1 Å². The largest absolute Gasteiger partial charge is 0.369 e.